The maximum atomic E-state index is 9.96. The van der Waals surface area contributed by atoms with Crippen molar-refractivity contribution >= 4 is 7.82 Å². The Balaban J connectivity index is -0.00000106. The van der Waals surface area contributed by atoms with E-state index < -0.39 is 13.4 Å². The van der Waals surface area contributed by atoms with Crippen LogP contribution in [0.3, 0.4) is 0 Å². The Morgan fingerprint density at radius 2 is 0.720 bits per heavy atom. The Morgan fingerprint density at radius 3 is 0.980 bits per heavy atom. The van der Waals surface area contributed by atoms with E-state index in [0.29, 0.717) is 6.54 Å². The van der Waals surface area contributed by atoms with Gasteiger partial charge in [0.1, 0.15) is 0 Å². The fourth-order valence-corrected chi connectivity index (χ4v) is 6.51. The molecule has 0 aliphatic heterocycles. The van der Waals surface area contributed by atoms with E-state index in [-0.39, 0.29) is 0 Å². The van der Waals surface area contributed by atoms with Crippen molar-refractivity contribution in [3.63, 3.8) is 0 Å². The van der Waals surface area contributed by atoms with E-state index in [4.69, 9.17) is 29.7 Å². The van der Waals surface area contributed by atoms with Crippen LogP contribution < -0.4 is 5.73 Å². The maximum absolute atomic E-state index is 9.96. The second-order valence-corrected chi connectivity index (χ2v) is 16.3. The van der Waals surface area contributed by atoms with E-state index in [1.807, 2.05) is 0 Å². The van der Waals surface area contributed by atoms with Crippen LogP contribution in [0.4, 0.5) is 0 Å². The van der Waals surface area contributed by atoms with Gasteiger partial charge in [-0.3, -0.25) is 0 Å². The second kappa shape index (κ2) is 41.7. The summed E-state index contributed by atoms with van der Waals surface area (Å²) >= 11 is 0. The molecule has 0 bridgehead atoms. The zero-order valence-electron chi connectivity index (χ0n) is 34.6. The van der Waals surface area contributed by atoms with Crippen molar-refractivity contribution in [1.82, 2.24) is 0 Å². The maximum Gasteiger partial charge on any atom is 0.466 e. The van der Waals surface area contributed by atoms with Gasteiger partial charge in [0.2, 0.25) is 0 Å². The zero-order chi connectivity index (χ0) is 38.2. The lowest BCUT2D eigenvalue weighted by Crippen LogP contribution is -2.37. The molecule has 0 amide bonds. The molecule has 0 aromatic heterocycles. The third-order valence-electron chi connectivity index (χ3n) is 9.94. The highest BCUT2D eigenvalue weighted by Crippen LogP contribution is 2.26. The van der Waals surface area contributed by atoms with Crippen LogP contribution in [0.1, 0.15) is 234 Å². The van der Waals surface area contributed by atoms with E-state index in [2.05, 4.69) is 41.5 Å². The highest BCUT2D eigenvalue weighted by atomic mass is 31.2. The molecule has 306 valence electrons. The van der Waals surface area contributed by atoms with Crippen LogP contribution in [0, 0.1) is 11.8 Å². The average Bonchev–Trinajstić information content (AvgIpc) is 3.08. The van der Waals surface area contributed by atoms with Crippen LogP contribution in [-0.4, -0.2) is 45.1 Å². The van der Waals surface area contributed by atoms with Crippen LogP contribution in [0.2, 0.25) is 0 Å². The standard InChI is InChI=1S/C32H66O.C10H23NO.H3O4P/c1-5-9-13-17-19-23-27-31(25-21-15-11-7-3)29-33-30-32(26-22-16-12-8-4)28-24-20-18-14-10-6-2;1-3-5-7-10(12,9-11)8-6-4-2;1-5(2,3)4/h31-32H,5-30H2,1-4H3;12H,3-9,11H2,1-2H3;(H3,1,2,3,4). The first kappa shape index (κ1) is 54.3. The number of aliphatic hydroxyl groups is 1. The monoisotopic (exact) mass is 738 g/mol. The van der Waals surface area contributed by atoms with Gasteiger partial charge in [-0.15, -0.1) is 0 Å². The molecule has 2 atom stereocenters. The van der Waals surface area contributed by atoms with Gasteiger partial charge in [-0.1, -0.05) is 196 Å². The molecule has 0 aromatic carbocycles. The molecule has 0 spiro atoms. The SMILES string of the molecule is CCCCC(O)(CN)CCCC.CCCCCCCCC(CCCCCC)COCC(CCCCCC)CCCCCCCC.O=P(O)(O)O. The fourth-order valence-electron chi connectivity index (χ4n) is 6.51. The predicted molar refractivity (Wildman–Crippen MR) is 219 cm³/mol. The first-order chi connectivity index (χ1) is 24.0. The number of ether oxygens (including phenoxy) is 1. The van der Waals surface area contributed by atoms with Gasteiger partial charge in [-0.2, -0.15) is 0 Å². The van der Waals surface area contributed by atoms with Crippen molar-refractivity contribution < 1.29 is 29.1 Å². The van der Waals surface area contributed by atoms with Crippen molar-refractivity contribution in [1.29, 1.82) is 0 Å². The minimum Gasteiger partial charge on any atom is -0.389 e. The summed E-state index contributed by atoms with van der Waals surface area (Å²) < 4.78 is 15.3. The van der Waals surface area contributed by atoms with E-state index >= 15 is 0 Å². The summed E-state index contributed by atoms with van der Waals surface area (Å²) in [7, 11) is -4.64. The van der Waals surface area contributed by atoms with Crippen LogP contribution in [0.5, 0.6) is 0 Å². The Bertz CT molecular complexity index is 628. The first-order valence-corrected chi connectivity index (χ1v) is 23.3. The average molecular weight is 738 g/mol. The molecular formula is C42H92NO6P. The number of nitrogens with two attached hydrogens (primary N) is 1. The highest BCUT2D eigenvalue weighted by Gasteiger charge is 2.23. The molecular weight excluding hydrogens is 645 g/mol. The summed E-state index contributed by atoms with van der Waals surface area (Å²) in [5.41, 5.74) is 4.96. The molecule has 0 rings (SSSR count). The summed E-state index contributed by atoms with van der Waals surface area (Å²) in [6, 6.07) is 0. The molecule has 0 radical (unpaired) electrons. The van der Waals surface area contributed by atoms with E-state index in [1.165, 1.54) is 154 Å². The molecule has 0 aliphatic rings. The largest absolute Gasteiger partial charge is 0.466 e. The first-order valence-electron chi connectivity index (χ1n) is 21.7. The van der Waals surface area contributed by atoms with Crippen LogP contribution in [0.15, 0.2) is 0 Å². The highest BCUT2D eigenvalue weighted by molar-refractivity contribution is 7.45. The van der Waals surface area contributed by atoms with Gasteiger partial charge in [-0.05, 0) is 50.4 Å². The molecule has 0 saturated carbocycles. The van der Waals surface area contributed by atoms with Crippen LogP contribution in [-0.2, 0) is 9.30 Å². The number of rotatable bonds is 35. The molecule has 50 heavy (non-hydrogen) atoms. The van der Waals surface area contributed by atoms with Gasteiger partial charge in [0.25, 0.3) is 0 Å². The van der Waals surface area contributed by atoms with Gasteiger partial charge >= 0.3 is 7.82 Å². The molecule has 8 heteroatoms. The van der Waals surface area contributed by atoms with Crippen LogP contribution >= 0.6 is 7.82 Å². The lowest BCUT2D eigenvalue weighted by molar-refractivity contribution is 0.0273. The van der Waals surface area contributed by atoms with Gasteiger partial charge in [0.05, 0.1) is 5.60 Å². The number of hydrogen-bond donors (Lipinski definition) is 5. The van der Waals surface area contributed by atoms with Crippen molar-refractivity contribution in [2.75, 3.05) is 19.8 Å². The van der Waals surface area contributed by atoms with Gasteiger partial charge in [0.15, 0.2) is 0 Å². The molecule has 0 saturated heterocycles. The summed E-state index contributed by atoms with van der Waals surface area (Å²) in [5.74, 6) is 1.62. The smallest absolute Gasteiger partial charge is 0.389 e. The minimum absolute atomic E-state index is 0.410. The van der Waals surface area contributed by atoms with Gasteiger partial charge < -0.3 is 30.3 Å². The summed E-state index contributed by atoms with van der Waals surface area (Å²) in [6.45, 7) is 16.0. The molecule has 6 N–H and O–H groups in total. The fraction of sp³-hybridized carbons (Fsp3) is 1.00. The van der Waals surface area contributed by atoms with E-state index in [1.54, 1.807) is 0 Å². The van der Waals surface area contributed by atoms with Crippen LogP contribution in [0.25, 0.3) is 0 Å². The zero-order valence-corrected chi connectivity index (χ0v) is 35.5. The number of hydrogen-bond acceptors (Lipinski definition) is 4. The summed E-state index contributed by atoms with van der Waals surface area (Å²) in [6.07, 6.45) is 39.9. The summed E-state index contributed by atoms with van der Waals surface area (Å²) in [5, 5.41) is 9.96. The second-order valence-electron chi connectivity index (χ2n) is 15.2. The Hall–Kier alpha value is -0.0100. The molecule has 0 heterocycles. The molecule has 7 nitrogen and oxygen atoms in total. The van der Waals surface area contributed by atoms with Crippen molar-refractivity contribution in [2.45, 2.75) is 240 Å². The normalized spacial score (nSPS) is 12.9. The molecule has 0 aliphatic carbocycles. The van der Waals surface area contributed by atoms with Crippen molar-refractivity contribution in [3.05, 3.63) is 0 Å². The van der Waals surface area contributed by atoms with Gasteiger partial charge in [0, 0.05) is 19.8 Å². The third-order valence-corrected chi connectivity index (χ3v) is 9.94. The Kier molecular flexibility index (Phi) is 45.4. The molecule has 2 unspecified atom stereocenters. The third kappa shape index (κ3) is 48.0. The van der Waals surface area contributed by atoms with Crippen molar-refractivity contribution in [3.8, 4) is 0 Å². The lowest BCUT2D eigenvalue weighted by Gasteiger charge is -2.26. The number of unbranched alkanes of at least 4 members (excludes halogenated alkanes) is 18. The quantitative estimate of drug-likeness (QED) is 0.0323. The minimum atomic E-state index is -4.64. The van der Waals surface area contributed by atoms with E-state index in [0.717, 1.165) is 63.6 Å². The Labute approximate surface area is 313 Å². The Morgan fingerprint density at radius 1 is 0.480 bits per heavy atom. The van der Waals surface area contributed by atoms with Gasteiger partial charge in [-0.25, -0.2) is 4.57 Å². The predicted octanol–water partition coefficient (Wildman–Crippen LogP) is 12.8. The molecule has 0 fully saturated rings. The topological polar surface area (TPSA) is 133 Å². The summed E-state index contributed by atoms with van der Waals surface area (Å²) in [4.78, 5) is 21.6. The van der Waals surface area contributed by atoms with E-state index in [9.17, 15) is 5.11 Å². The lowest BCUT2D eigenvalue weighted by atomic mass is 9.91. The molecule has 0 aromatic rings. The number of phosphoric acid groups is 1. The van der Waals surface area contributed by atoms with Crippen molar-refractivity contribution in [2.24, 2.45) is 17.6 Å².